The van der Waals surface area contributed by atoms with E-state index in [9.17, 15) is 0 Å². The second-order valence-corrected chi connectivity index (χ2v) is 8.15. The van der Waals surface area contributed by atoms with Crippen LogP contribution in [0.1, 0.15) is 19.2 Å². The monoisotopic (exact) mass is 410 g/mol. The van der Waals surface area contributed by atoms with Gasteiger partial charge in [-0.3, -0.25) is 9.89 Å². The number of ether oxygens (including phenoxy) is 1. The number of imidazole rings is 1. The van der Waals surface area contributed by atoms with Gasteiger partial charge in [0.25, 0.3) is 0 Å². The number of aromatic nitrogens is 6. The number of hydrogen-bond acceptors (Lipinski definition) is 9. The molecule has 2 aliphatic heterocycles. The van der Waals surface area contributed by atoms with E-state index in [-0.39, 0.29) is 11.6 Å². The van der Waals surface area contributed by atoms with Crippen molar-refractivity contribution in [3.63, 3.8) is 0 Å². The van der Waals surface area contributed by atoms with Crippen LogP contribution in [0.25, 0.3) is 22.6 Å². The van der Waals surface area contributed by atoms with Crippen molar-refractivity contribution in [3.05, 3.63) is 24.5 Å². The van der Waals surface area contributed by atoms with Gasteiger partial charge < -0.3 is 9.30 Å². The zero-order valence-corrected chi connectivity index (χ0v) is 17.2. The summed E-state index contributed by atoms with van der Waals surface area (Å²) in [4.78, 5) is 29.2. The molecule has 0 saturated carbocycles. The van der Waals surface area contributed by atoms with Crippen molar-refractivity contribution >= 4 is 29.1 Å². The normalized spacial score (nSPS) is 22.0. The Bertz CT molecular complexity index is 1050. The Kier molecular flexibility index (Phi) is 4.88. The highest BCUT2D eigenvalue weighted by molar-refractivity contribution is 8.00. The third kappa shape index (κ3) is 3.46. The fourth-order valence-electron chi connectivity index (χ4n) is 3.74. The molecule has 0 amide bonds. The largest absolute Gasteiger partial charge is 0.471 e. The van der Waals surface area contributed by atoms with Crippen molar-refractivity contribution in [3.8, 4) is 17.3 Å². The summed E-state index contributed by atoms with van der Waals surface area (Å²) in [6.45, 7) is 6.47. The molecular formula is C19H22N8OS. The molecule has 3 aromatic rings. The van der Waals surface area contributed by atoms with Crippen LogP contribution >= 0.6 is 11.8 Å². The van der Waals surface area contributed by atoms with Gasteiger partial charge in [0.15, 0.2) is 11.2 Å². The zero-order chi connectivity index (χ0) is 19.8. The molecule has 1 fully saturated rings. The maximum atomic E-state index is 6.29. The van der Waals surface area contributed by atoms with Gasteiger partial charge in [0.05, 0.1) is 5.56 Å². The number of aliphatic imine (C=N–C) groups is 1. The molecule has 29 heavy (non-hydrogen) atoms. The van der Waals surface area contributed by atoms with Gasteiger partial charge in [-0.05, 0) is 20.3 Å². The molecule has 2 unspecified atom stereocenters. The van der Waals surface area contributed by atoms with E-state index >= 15 is 0 Å². The molecule has 1 saturated heterocycles. The van der Waals surface area contributed by atoms with Gasteiger partial charge in [-0.15, -0.1) is 11.8 Å². The Labute approximate surface area is 172 Å². The van der Waals surface area contributed by atoms with E-state index in [1.807, 2.05) is 29.5 Å². The molecule has 5 heterocycles. The second kappa shape index (κ2) is 7.68. The maximum Gasteiger partial charge on any atom is 0.245 e. The van der Waals surface area contributed by atoms with Gasteiger partial charge in [0, 0.05) is 44.0 Å². The molecule has 2 atom stereocenters. The number of nitrogens with zero attached hydrogens (tertiary/aromatic N) is 8. The molecule has 0 bridgehead atoms. The molecular weight excluding hydrogens is 388 g/mol. The number of thioether (sulfide) groups is 1. The average Bonchev–Trinajstić information content (AvgIpc) is 3.48. The molecule has 2 aliphatic rings. The second-order valence-electron chi connectivity index (χ2n) is 7.06. The summed E-state index contributed by atoms with van der Waals surface area (Å²) in [5.41, 5.74) is 2.52. The van der Waals surface area contributed by atoms with E-state index in [1.165, 1.54) is 0 Å². The third-order valence-corrected chi connectivity index (χ3v) is 6.23. The van der Waals surface area contributed by atoms with Crippen molar-refractivity contribution in [1.29, 1.82) is 0 Å². The van der Waals surface area contributed by atoms with Gasteiger partial charge in [-0.1, -0.05) is 0 Å². The highest BCUT2D eigenvalue weighted by Crippen LogP contribution is 2.30. The maximum absolute atomic E-state index is 6.29. The lowest BCUT2D eigenvalue weighted by Gasteiger charge is -2.20. The Balaban J connectivity index is 1.44. The third-order valence-electron chi connectivity index (χ3n) is 5.17. The minimum absolute atomic E-state index is 0.0717. The van der Waals surface area contributed by atoms with Crippen LogP contribution < -0.4 is 4.74 Å². The van der Waals surface area contributed by atoms with E-state index in [2.05, 4.69) is 36.8 Å². The summed E-state index contributed by atoms with van der Waals surface area (Å²) < 4.78 is 8.33. The summed E-state index contributed by atoms with van der Waals surface area (Å²) in [6.07, 6.45) is 8.14. The quantitative estimate of drug-likeness (QED) is 0.632. The summed E-state index contributed by atoms with van der Waals surface area (Å²) in [5.74, 6) is 3.02. The number of hydrogen-bond donors (Lipinski definition) is 0. The lowest BCUT2D eigenvalue weighted by atomic mass is 10.3. The van der Waals surface area contributed by atoms with Crippen molar-refractivity contribution in [2.75, 3.05) is 18.8 Å². The molecule has 9 nitrogen and oxygen atoms in total. The smallest absolute Gasteiger partial charge is 0.245 e. The van der Waals surface area contributed by atoms with Crippen LogP contribution in [0.4, 0.5) is 0 Å². The first-order chi connectivity index (χ1) is 14.2. The van der Waals surface area contributed by atoms with Crippen LogP contribution in [0, 0.1) is 6.92 Å². The molecule has 0 aliphatic carbocycles. The first-order valence-electron chi connectivity index (χ1n) is 9.77. The molecule has 0 N–H and O–H groups in total. The summed E-state index contributed by atoms with van der Waals surface area (Å²) in [5, 5.41) is 0. The van der Waals surface area contributed by atoms with Crippen molar-refractivity contribution in [2.24, 2.45) is 4.99 Å². The molecule has 0 aromatic carbocycles. The van der Waals surface area contributed by atoms with E-state index in [0.29, 0.717) is 11.4 Å². The van der Waals surface area contributed by atoms with Crippen LogP contribution in [-0.4, -0.2) is 71.0 Å². The number of likely N-dealkylation sites (tertiary alicyclic amines) is 1. The fourth-order valence-corrected chi connectivity index (χ4v) is 4.66. The van der Waals surface area contributed by atoms with Gasteiger partial charge >= 0.3 is 0 Å². The van der Waals surface area contributed by atoms with Gasteiger partial charge in [-0.2, -0.15) is 4.98 Å². The first kappa shape index (κ1) is 18.4. The molecule has 150 valence electrons. The van der Waals surface area contributed by atoms with Gasteiger partial charge in [0.2, 0.25) is 5.88 Å². The molecule has 0 spiro atoms. The van der Waals surface area contributed by atoms with E-state index in [1.54, 1.807) is 18.7 Å². The predicted octanol–water partition coefficient (Wildman–Crippen LogP) is 2.17. The van der Waals surface area contributed by atoms with E-state index in [4.69, 9.17) is 9.72 Å². The topological polar surface area (TPSA) is 94.2 Å². The molecule has 10 heteroatoms. The lowest BCUT2D eigenvalue weighted by molar-refractivity contribution is 0.193. The van der Waals surface area contributed by atoms with E-state index < -0.39 is 0 Å². The first-order valence-corrected chi connectivity index (χ1v) is 10.8. The Morgan fingerprint density at radius 1 is 1.21 bits per heavy atom. The lowest BCUT2D eigenvalue weighted by Crippen LogP contribution is -2.30. The Hall–Kier alpha value is -2.59. The molecule has 3 aromatic heterocycles. The fraction of sp³-hybridized carbons (Fsp3) is 0.474. The average molecular weight is 411 g/mol. The van der Waals surface area contributed by atoms with Crippen LogP contribution in [-0.2, 0) is 6.54 Å². The standard InChI is InChI=1S/C19H22N8OS/c1-3-27-16(13-8-21-12(2)22-9-13)25-15-17(27)23-11-24-18(15)28-14-4-6-26(10-14)19-20-5-7-29-19/h5,8-9,11,14,19H,3-4,6-7,10H2,1-2H3. The minimum atomic E-state index is 0.0717. The van der Waals surface area contributed by atoms with Gasteiger partial charge in [-0.25, -0.2) is 19.9 Å². The van der Waals surface area contributed by atoms with Crippen LogP contribution in [0.2, 0.25) is 0 Å². The summed E-state index contributed by atoms with van der Waals surface area (Å²) >= 11 is 1.85. The number of rotatable bonds is 5. The SMILES string of the molecule is CCn1c(-c2cnc(C)nc2)nc2c(OC3CCN(C4N=CCS4)C3)ncnc21. The van der Waals surface area contributed by atoms with Gasteiger partial charge in [0.1, 0.15) is 29.6 Å². The van der Waals surface area contributed by atoms with Crippen molar-refractivity contribution < 1.29 is 4.74 Å². The van der Waals surface area contributed by atoms with Crippen LogP contribution in [0.5, 0.6) is 5.88 Å². The molecule has 5 rings (SSSR count). The Morgan fingerprint density at radius 3 is 2.83 bits per heavy atom. The highest BCUT2D eigenvalue weighted by atomic mass is 32.2. The molecule has 0 radical (unpaired) electrons. The zero-order valence-electron chi connectivity index (χ0n) is 16.4. The number of fused-ring (bicyclic) bond motifs is 1. The Morgan fingerprint density at radius 2 is 2.07 bits per heavy atom. The van der Waals surface area contributed by atoms with E-state index in [0.717, 1.165) is 54.7 Å². The van der Waals surface area contributed by atoms with Crippen LogP contribution in [0.15, 0.2) is 23.7 Å². The number of aryl methyl sites for hydroxylation is 2. The summed E-state index contributed by atoms with van der Waals surface area (Å²) in [7, 11) is 0. The highest BCUT2D eigenvalue weighted by Gasteiger charge is 2.31. The summed E-state index contributed by atoms with van der Waals surface area (Å²) in [6, 6.07) is 0. The minimum Gasteiger partial charge on any atom is -0.471 e. The van der Waals surface area contributed by atoms with Crippen molar-refractivity contribution in [2.45, 2.75) is 38.4 Å². The predicted molar refractivity (Wildman–Crippen MR) is 112 cm³/mol. The van der Waals surface area contributed by atoms with Crippen LogP contribution in [0.3, 0.4) is 0 Å². The van der Waals surface area contributed by atoms with Crippen molar-refractivity contribution in [1.82, 2.24) is 34.4 Å².